The van der Waals surface area contributed by atoms with Crippen LogP contribution in [0.3, 0.4) is 0 Å². The lowest BCUT2D eigenvalue weighted by atomic mass is 9.85. The van der Waals surface area contributed by atoms with Crippen molar-refractivity contribution in [3.8, 4) is 0 Å². The topological polar surface area (TPSA) is 37.4 Å². The summed E-state index contributed by atoms with van der Waals surface area (Å²) in [5, 5.41) is 0. The molecule has 3 aliphatic carbocycles. The quantitative estimate of drug-likeness (QED) is 0.616. The minimum atomic E-state index is -0.0706. The van der Waals surface area contributed by atoms with Gasteiger partial charge in [-0.25, -0.2) is 0 Å². The summed E-state index contributed by atoms with van der Waals surface area (Å²) in [7, 11) is 0. The third-order valence-corrected chi connectivity index (χ3v) is 6.13. The summed E-state index contributed by atoms with van der Waals surface area (Å²) in [5.74, 6) is 0.640. The Hall–Kier alpha value is -1.90. The fraction of sp³-hybridized carbons (Fsp3) is 0.444. The van der Waals surface area contributed by atoms with Crippen LogP contribution in [-0.2, 0) is 16.1 Å². The van der Waals surface area contributed by atoms with Crippen LogP contribution >= 0.6 is 0 Å². The van der Waals surface area contributed by atoms with Crippen LogP contribution in [0.1, 0.15) is 18.4 Å². The minimum Gasteiger partial charge on any atom is -0.278 e. The van der Waals surface area contributed by atoms with Gasteiger partial charge >= 0.3 is 0 Å². The summed E-state index contributed by atoms with van der Waals surface area (Å²) in [6.45, 7) is 0.429. The number of hydrogen-bond acceptors (Lipinski definition) is 2. The van der Waals surface area contributed by atoms with Crippen LogP contribution in [0.2, 0.25) is 0 Å². The number of carbonyl (C=O) groups is 2. The van der Waals surface area contributed by atoms with Crippen LogP contribution in [0.15, 0.2) is 42.5 Å². The zero-order chi connectivity index (χ0) is 14.2. The number of nitrogens with zero attached hydrogens (tertiary/aromatic N) is 1. The summed E-state index contributed by atoms with van der Waals surface area (Å²) in [5.41, 5.74) is 1.32. The zero-order valence-corrected chi connectivity index (χ0v) is 11.7. The van der Waals surface area contributed by atoms with Crippen LogP contribution in [-0.4, -0.2) is 16.7 Å². The molecular weight excluding hydrogens is 262 g/mol. The second kappa shape index (κ2) is 3.65. The number of carbonyl (C=O) groups excluding carboxylic acids is 2. The number of hydrogen-bond donors (Lipinski definition) is 0. The zero-order valence-electron chi connectivity index (χ0n) is 11.7. The number of benzene rings is 1. The Kier molecular flexibility index (Phi) is 2.04. The fourth-order valence-electron chi connectivity index (χ4n) is 5.06. The number of fused-ring (bicyclic) bond motifs is 3. The molecule has 106 valence electrons. The number of amides is 2. The monoisotopic (exact) mass is 279 g/mol. The first kappa shape index (κ1) is 11.7. The van der Waals surface area contributed by atoms with Crippen molar-refractivity contribution in [3.05, 3.63) is 48.0 Å². The Morgan fingerprint density at radius 2 is 1.52 bits per heavy atom. The van der Waals surface area contributed by atoms with E-state index in [1.165, 1.54) is 17.7 Å². The van der Waals surface area contributed by atoms with Crippen molar-refractivity contribution in [2.45, 2.75) is 19.4 Å². The van der Waals surface area contributed by atoms with E-state index in [1.54, 1.807) is 0 Å². The van der Waals surface area contributed by atoms with Gasteiger partial charge in [0, 0.05) is 0 Å². The highest BCUT2D eigenvalue weighted by Crippen LogP contribution is 2.73. The molecule has 2 saturated carbocycles. The lowest BCUT2D eigenvalue weighted by molar-refractivity contribution is -0.141. The van der Waals surface area contributed by atoms with Crippen LogP contribution < -0.4 is 0 Å². The van der Waals surface area contributed by atoms with Gasteiger partial charge in [-0.15, -0.1) is 0 Å². The highest BCUT2D eigenvalue weighted by molar-refractivity contribution is 6.06. The highest BCUT2D eigenvalue weighted by Gasteiger charge is 2.73. The molecule has 2 bridgehead atoms. The molecule has 1 spiro atoms. The van der Waals surface area contributed by atoms with Crippen molar-refractivity contribution in [3.63, 3.8) is 0 Å². The third kappa shape index (κ3) is 1.30. The lowest BCUT2D eigenvalue weighted by Crippen LogP contribution is -2.34. The van der Waals surface area contributed by atoms with Crippen molar-refractivity contribution in [2.24, 2.45) is 29.1 Å². The van der Waals surface area contributed by atoms with Crippen molar-refractivity contribution in [2.75, 3.05) is 0 Å². The average Bonchev–Trinajstić information content (AvgIpc) is 3.11. The first-order valence-electron chi connectivity index (χ1n) is 7.80. The van der Waals surface area contributed by atoms with E-state index in [1.807, 2.05) is 30.3 Å². The van der Waals surface area contributed by atoms with Crippen molar-refractivity contribution < 1.29 is 9.59 Å². The van der Waals surface area contributed by atoms with Crippen LogP contribution in [0.5, 0.6) is 0 Å². The molecule has 1 saturated heterocycles. The first-order valence-corrected chi connectivity index (χ1v) is 7.80. The Labute approximate surface area is 123 Å². The van der Waals surface area contributed by atoms with Crippen molar-refractivity contribution in [1.29, 1.82) is 0 Å². The fourth-order valence-corrected chi connectivity index (χ4v) is 5.06. The van der Waals surface area contributed by atoms with E-state index in [-0.39, 0.29) is 23.7 Å². The number of imide groups is 1. The van der Waals surface area contributed by atoms with Gasteiger partial charge in [0.15, 0.2) is 0 Å². The number of allylic oxidation sites excluding steroid dienone is 2. The molecule has 4 aliphatic rings. The maximum Gasteiger partial charge on any atom is 0.234 e. The van der Waals surface area contributed by atoms with E-state index in [9.17, 15) is 9.59 Å². The molecule has 0 N–H and O–H groups in total. The van der Waals surface area contributed by atoms with Gasteiger partial charge in [-0.05, 0) is 35.7 Å². The molecule has 1 heterocycles. The smallest absolute Gasteiger partial charge is 0.234 e. The summed E-state index contributed by atoms with van der Waals surface area (Å²) in [4.78, 5) is 27.1. The second-order valence-electron chi connectivity index (χ2n) is 6.97. The summed E-state index contributed by atoms with van der Waals surface area (Å²) < 4.78 is 0. The second-order valence-corrected chi connectivity index (χ2v) is 6.97. The van der Waals surface area contributed by atoms with Gasteiger partial charge in [0.1, 0.15) is 0 Å². The van der Waals surface area contributed by atoms with E-state index < -0.39 is 0 Å². The molecule has 1 aliphatic heterocycles. The number of likely N-dealkylation sites (tertiary alicyclic amines) is 1. The molecule has 0 aromatic heterocycles. The molecule has 1 aromatic carbocycles. The van der Waals surface area contributed by atoms with Gasteiger partial charge in [0.2, 0.25) is 11.8 Å². The summed E-state index contributed by atoms with van der Waals surface area (Å²) in [6, 6.07) is 9.80. The predicted molar refractivity (Wildman–Crippen MR) is 76.8 cm³/mol. The molecule has 5 rings (SSSR count). The Bertz CT molecular complexity index is 640. The van der Waals surface area contributed by atoms with E-state index in [2.05, 4.69) is 12.2 Å². The van der Waals surface area contributed by atoms with Gasteiger partial charge < -0.3 is 0 Å². The largest absolute Gasteiger partial charge is 0.278 e. The molecule has 2 amide bonds. The van der Waals surface area contributed by atoms with E-state index in [4.69, 9.17) is 0 Å². The maximum absolute atomic E-state index is 12.8. The molecular formula is C18H17NO2. The molecule has 3 fully saturated rings. The molecule has 3 nitrogen and oxygen atoms in total. The van der Waals surface area contributed by atoms with Crippen LogP contribution in [0, 0.1) is 29.1 Å². The Balaban J connectivity index is 1.48. The van der Waals surface area contributed by atoms with Gasteiger partial charge in [0.05, 0.1) is 18.4 Å². The van der Waals surface area contributed by atoms with Crippen molar-refractivity contribution >= 4 is 11.8 Å². The maximum atomic E-state index is 12.8. The molecule has 4 unspecified atom stereocenters. The SMILES string of the molecule is O=C1C2C(C(=O)N1Cc1ccccc1)C1C=CC2C12CC2. The van der Waals surface area contributed by atoms with Gasteiger partial charge in [-0.2, -0.15) is 0 Å². The highest BCUT2D eigenvalue weighted by atomic mass is 16.2. The van der Waals surface area contributed by atoms with Crippen LogP contribution in [0.4, 0.5) is 0 Å². The number of rotatable bonds is 2. The normalized spacial score (nSPS) is 37.6. The first-order chi connectivity index (χ1) is 10.2. The van der Waals surface area contributed by atoms with Crippen molar-refractivity contribution in [1.82, 2.24) is 4.90 Å². The predicted octanol–water partition coefficient (Wildman–Crippen LogP) is 2.38. The summed E-state index contributed by atoms with van der Waals surface area (Å²) in [6.07, 6.45) is 6.83. The minimum absolute atomic E-state index is 0.0666. The lowest BCUT2D eigenvalue weighted by Gasteiger charge is -2.21. The molecule has 4 atom stereocenters. The van der Waals surface area contributed by atoms with E-state index in [0.29, 0.717) is 23.8 Å². The van der Waals surface area contributed by atoms with E-state index in [0.717, 1.165) is 5.56 Å². The van der Waals surface area contributed by atoms with Crippen LogP contribution in [0.25, 0.3) is 0 Å². The van der Waals surface area contributed by atoms with Gasteiger partial charge in [-0.1, -0.05) is 42.5 Å². The Morgan fingerprint density at radius 1 is 0.952 bits per heavy atom. The van der Waals surface area contributed by atoms with Gasteiger partial charge in [0.25, 0.3) is 0 Å². The van der Waals surface area contributed by atoms with E-state index >= 15 is 0 Å². The summed E-state index contributed by atoms with van der Waals surface area (Å²) >= 11 is 0. The van der Waals surface area contributed by atoms with Gasteiger partial charge in [-0.3, -0.25) is 14.5 Å². The molecule has 0 radical (unpaired) electrons. The Morgan fingerprint density at radius 3 is 2.05 bits per heavy atom. The molecule has 21 heavy (non-hydrogen) atoms. The molecule has 1 aromatic rings. The third-order valence-electron chi connectivity index (χ3n) is 6.13. The molecule has 3 heteroatoms. The average molecular weight is 279 g/mol. The standard InChI is InChI=1S/C18H17NO2/c20-16-14-12-6-7-13(18(12)8-9-18)15(14)17(21)19(16)10-11-4-2-1-3-5-11/h1-7,12-15H,8-10H2.